The summed E-state index contributed by atoms with van der Waals surface area (Å²) in [4.78, 5) is 0. The van der Waals surface area contributed by atoms with E-state index in [0.29, 0.717) is 0 Å². The molecule has 0 unspecified atom stereocenters. The van der Waals surface area contributed by atoms with Crippen LogP contribution >= 0.6 is 11.6 Å². The van der Waals surface area contributed by atoms with Crippen molar-refractivity contribution in [1.82, 2.24) is 0 Å². The van der Waals surface area contributed by atoms with E-state index in [1.54, 1.807) is 0 Å². The van der Waals surface area contributed by atoms with Gasteiger partial charge in [0, 0.05) is 5.03 Å². The van der Waals surface area contributed by atoms with E-state index in [2.05, 4.69) is 25.1 Å². The number of rotatable bonds is 6. The molecule has 0 aliphatic carbocycles. The maximum absolute atomic E-state index is 6.16. The monoisotopic (exact) mass is 222 g/mol. The summed E-state index contributed by atoms with van der Waals surface area (Å²) in [7, 11) is 0. The van der Waals surface area contributed by atoms with Gasteiger partial charge >= 0.3 is 0 Å². The van der Waals surface area contributed by atoms with Crippen molar-refractivity contribution in [2.45, 2.75) is 39.0 Å². The van der Waals surface area contributed by atoms with Crippen LogP contribution in [0.3, 0.4) is 0 Å². The maximum Gasteiger partial charge on any atom is 0.0186 e. The summed E-state index contributed by atoms with van der Waals surface area (Å²) in [6.07, 6.45) is 8.16. The van der Waals surface area contributed by atoms with Gasteiger partial charge in [0.1, 0.15) is 0 Å². The first-order chi connectivity index (χ1) is 7.33. The highest BCUT2D eigenvalue weighted by Crippen LogP contribution is 2.17. The van der Waals surface area contributed by atoms with E-state index < -0.39 is 0 Å². The summed E-state index contributed by atoms with van der Waals surface area (Å²) >= 11 is 6.16. The van der Waals surface area contributed by atoms with E-state index in [-0.39, 0.29) is 0 Å². The van der Waals surface area contributed by atoms with Gasteiger partial charge in [-0.2, -0.15) is 0 Å². The van der Waals surface area contributed by atoms with Gasteiger partial charge in [0.25, 0.3) is 0 Å². The Labute approximate surface area is 98.0 Å². The molecule has 1 aromatic carbocycles. The molecule has 0 aromatic heterocycles. The fourth-order valence-corrected chi connectivity index (χ4v) is 1.78. The van der Waals surface area contributed by atoms with Crippen molar-refractivity contribution >= 4 is 17.7 Å². The second kappa shape index (κ2) is 7.53. The number of hydrogen-bond acceptors (Lipinski definition) is 0. The van der Waals surface area contributed by atoms with Gasteiger partial charge < -0.3 is 0 Å². The number of allylic oxidation sites excluding steroid dienone is 1. The van der Waals surface area contributed by atoms with Crippen LogP contribution in [0.2, 0.25) is 0 Å². The minimum atomic E-state index is 0.970. The first-order valence-corrected chi connectivity index (χ1v) is 6.12. The highest BCUT2D eigenvalue weighted by molar-refractivity contribution is 6.31. The van der Waals surface area contributed by atoms with Gasteiger partial charge in [0.15, 0.2) is 0 Å². The zero-order valence-electron chi connectivity index (χ0n) is 9.38. The van der Waals surface area contributed by atoms with Crippen LogP contribution in [0, 0.1) is 0 Å². The van der Waals surface area contributed by atoms with Crippen molar-refractivity contribution in [3.63, 3.8) is 0 Å². The summed E-state index contributed by atoms with van der Waals surface area (Å²) in [5.74, 6) is 0. The average molecular weight is 223 g/mol. The van der Waals surface area contributed by atoms with Crippen LogP contribution in [-0.4, -0.2) is 0 Å². The molecule has 0 radical (unpaired) electrons. The van der Waals surface area contributed by atoms with Crippen molar-refractivity contribution < 1.29 is 0 Å². The number of benzene rings is 1. The molecule has 15 heavy (non-hydrogen) atoms. The van der Waals surface area contributed by atoms with Gasteiger partial charge in [-0.15, -0.1) is 0 Å². The summed E-state index contributed by atoms with van der Waals surface area (Å²) in [6.45, 7) is 2.22. The SMILES string of the molecule is CCCCCC/C(Cl)=C/c1ccccc1. The Morgan fingerprint density at radius 3 is 2.53 bits per heavy atom. The first-order valence-electron chi connectivity index (χ1n) is 5.74. The van der Waals surface area contributed by atoms with Gasteiger partial charge in [-0.1, -0.05) is 68.1 Å². The minimum absolute atomic E-state index is 0.970. The smallest absolute Gasteiger partial charge is 0.0186 e. The van der Waals surface area contributed by atoms with Crippen molar-refractivity contribution in [2.24, 2.45) is 0 Å². The Morgan fingerprint density at radius 2 is 1.87 bits per heavy atom. The molecule has 0 saturated heterocycles. The molecule has 0 N–H and O–H groups in total. The molecular weight excluding hydrogens is 204 g/mol. The lowest BCUT2D eigenvalue weighted by Crippen LogP contribution is -1.78. The summed E-state index contributed by atoms with van der Waals surface area (Å²) < 4.78 is 0. The Bertz CT molecular complexity index is 287. The van der Waals surface area contributed by atoms with Gasteiger partial charge in [-0.25, -0.2) is 0 Å². The highest BCUT2D eigenvalue weighted by atomic mass is 35.5. The van der Waals surface area contributed by atoms with Crippen LogP contribution in [0.25, 0.3) is 6.08 Å². The molecule has 0 amide bonds. The van der Waals surface area contributed by atoms with Crippen molar-refractivity contribution in [2.75, 3.05) is 0 Å². The molecule has 1 rings (SSSR count). The van der Waals surface area contributed by atoms with E-state index in [9.17, 15) is 0 Å². The van der Waals surface area contributed by atoms with E-state index in [1.807, 2.05) is 18.2 Å². The summed E-state index contributed by atoms with van der Waals surface area (Å²) in [5.41, 5.74) is 1.19. The minimum Gasteiger partial charge on any atom is -0.0891 e. The summed E-state index contributed by atoms with van der Waals surface area (Å²) in [6, 6.07) is 10.2. The van der Waals surface area contributed by atoms with Gasteiger partial charge in [-0.3, -0.25) is 0 Å². The van der Waals surface area contributed by atoms with E-state index in [1.165, 1.54) is 31.2 Å². The van der Waals surface area contributed by atoms with Crippen LogP contribution < -0.4 is 0 Å². The predicted octanol–water partition coefficient (Wildman–Crippen LogP) is 5.24. The lowest BCUT2D eigenvalue weighted by Gasteiger charge is -1.99. The van der Waals surface area contributed by atoms with Crippen LogP contribution in [0.15, 0.2) is 35.4 Å². The normalized spacial score (nSPS) is 11.7. The molecule has 82 valence electrons. The largest absolute Gasteiger partial charge is 0.0891 e. The molecule has 0 spiro atoms. The van der Waals surface area contributed by atoms with Crippen molar-refractivity contribution in [3.05, 3.63) is 40.9 Å². The van der Waals surface area contributed by atoms with Crippen LogP contribution in [0.4, 0.5) is 0 Å². The Hall–Kier alpha value is -0.750. The third kappa shape index (κ3) is 5.64. The number of hydrogen-bond donors (Lipinski definition) is 0. The second-order valence-corrected chi connectivity index (χ2v) is 4.30. The quantitative estimate of drug-likeness (QED) is 0.578. The standard InChI is InChI=1S/C14H19Cl/c1-2-3-4-8-11-14(15)12-13-9-6-5-7-10-13/h5-7,9-10,12H,2-4,8,11H2,1H3/b14-12-. The molecular formula is C14H19Cl. The van der Waals surface area contributed by atoms with E-state index in [4.69, 9.17) is 11.6 Å². The fourth-order valence-electron chi connectivity index (χ4n) is 1.52. The van der Waals surface area contributed by atoms with Gasteiger partial charge in [0.05, 0.1) is 0 Å². The third-order valence-corrected chi connectivity index (χ3v) is 2.69. The zero-order chi connectivity index (χ0) is 10.9. The van der Waals surface area contributed by atoms with Gasteiger partial charge in [-0.05, 0) is 24.5 Å². The zero-order valence-corrected chi connectivity index (χ0v) is 10.1. The lowest BCUT2D eigenvalue weighted by molar-refractivity contribution is 0.672. The van der Waals surface area contributed by atoms with E-state index >= 15 is 0 Å². The fraction of sp³-hybridized carbons (Fsp3) is 0.429. The Kier molecular flexibility index (Phi) is 6.18. The average Bonchev–Trinajstić information content (AvgIpc) is 2.26. The van der Waals surface area contributed by atoms with Gasteiger partial charge in [0.2, 0.25) is 0 Å². The number of halogens is 1. The predicted molar refractivity (Wildman–Crippen MR) is 69.0 cm³/mol. The Morgan fingerprint density at radius 1 is 1.13 bits per heavy atom. The first kappa shape index (κ1) is 12.3. The molecule has 0 aliphatic heterocycles. The molecule has 0 nitrogen and oxygen atoms in total. The molecule has 1 aromatic rings. The maximum atomic E-state index is 6.16. The molecule has 0 aliphatic rings. The van der Waals surface area contributed by atoms with Crippen LogP contribution in [-0.2, 0) is 0 Å². The van der Waals surface area contributed by atoms with E-state index in [0.717, 1.165) is 11.5 Å². The number of unbranched alkanes of at least 4 members (excludes halogenated alkanes) is 3. The summed E-state index contributed by atoms with van der Waals surface area (Å²) in [5, 5.41) is 0.970. The molecule has 0 saturated carbocycles. The lowest BCUT2D eigenvalue weighted by atomic mass is 10.1. The van der Waals surface area contributed by atoms with Crippen molar-refractivity contribution in [3.8, 4) is 0 Å². The van der Waals surface area contributed by atoms with Crippen LogP contribution in [0.5, 0.6) is 0 Å². The second-order valence-electron chi connectivity index (χ2n) is 3.81. The van der Waals surface area contributed by atoms with Crippen molar-refractivity contribution in [1.29, 1.82) is 0 Å². The molecule has 0 fully saturated rings. The topological polar surface area (TPSA) is 0 Å². The molecule has 1 heteroatoms. The Balaban J connectivity index is 2.33. The molecule has 0 bridgehead atoms. The molecule has 0 heterocycles. The highest BCUT2D eigenvalue weighted by Gasteiger charge is 1.94. The molecule has 0 atom stereocenters. The third-order valence-electron chi connectivity index (χ3n) is 2.39. The van der Waals surface area contributed by atoms with Crippen LogP contribution in [0.1, 0.15) is 44.6 Å².